The van der Waals surface area contributed by atoms with Crippen molar-refractivity contribution in [2.45, 2.75) is 26.7 Å². The number of nitro groups is 1. The summed E-state index contributed by atoms with van der Waals surface area (Å²) in [6, 6.07) is 5.45. The van der Waals surface area contributed by atoms with Crippen molar-refractivity contribution in [3.63, 3.8) is 0 Å². The molecule has 0 unspecified atom stereocenters. The highest BCUT2D eigenvalue weighted by Crippen LogP contribution is 2.33. The SMILES string of the molecule is Cc1cccc(NC(=O)[C@@H]2CCCN(c3c([N+](=O)[O-])c(C)nn3C)C2)n1. The Morgan fingerprint density at radius 2 is 2.15 bits per heavy atom. The van der Waals surface area contributed by atoms with E-state index in [9.17, 15) is 14.9 Å². The average molecular weight is 358 g/mol. The molecule has 1 N–H and O–H groups in total. The largest absolute Gasteiger partial charge is 0.350 e. The van der Waals surface area contributed by atoms with E-state index in [0.29, 0.717) is 30.4 Å². The third kappa shape index (κ3) is 3.51. The van der Waals surface area contributed by atoms with Gasteiger partial charge in [-0.1, -0.05) is 6.07 Å². The molecule has 0 spiro atoms. The minimum absolute atomic E-state index is 0.00825. The molecule has 3 rings (SSSR count). The summed E-state index contributed by atoms with van der Waals surface area (Å²) in [5, 5.41) is 18.5. The Hall–Kier alpha value is -2.97. The Morgan fingerprint density at radius 3 is 2.85 bits per heavy atom. The van der Waals surface area contributed by atoms with Crippen molar-refractivity contribution in [1.82, 2.24) is 14.8 Å². The van der Waals surface area contributed by atoms with Crippen LogP contribution in [0.15, 0.2) is 18.2 Å². The minimum Gasteiger partial charge on any atom is -0.350 e. The van der Waals surface area contributed by atoms with E-state index < -0.39 is 4.92 Å². The second kappa shape index (κ2) is 7.11. The van der Waals surface area contributed by atoms with Gasteiger partial charge in [-0.3, -0.25) is 14.9 Å². The van der Waals surface area contributed by atoms with Gasteiger partial charge in [0.15, 0.2) is 0 Å². The maximum absolute atomic E-state index is 12.6. The van der Waals surface area contributed by atoms with Gasteiger partial charge in [0.05, 0.1) is 10.8 Å². The summed E-state index contributed by atoms with van der Waals surface area (Å²) in [5.41, 5.74) is 1.21. The monoisotopic (exact) mass is 358 g/mol. The highest BCUT2D eigenvalue weighted by Gasteiger charge is 2.33. The molecule has 0 aliphatic carbocycles. The number of amides is 1. The first-order valence-electron chi connectivity index (χ1n) is 8.54. The molecule has 1 atom stereocenters. The van der Waals surface area contributed by atoms with E-state index in [0.717, 1.165) is 18.5 Å². The molecule has 1 amide bonds. The second-order valence-corrected chi connectivity index (χ2v) is 6.58. The molecule has 0 bridgehead atoms. The average Bonchev–Trinajstić information content (AvgIpc) is 2.89. The van der Waals surface area contributed by atoms with Crippen molar-refractivity contribution in [3.8, 4) is 0 Å². The molecular weight excluding hydrogens is 336 g/mol. The lowest BCUT2D eigenvalue weighted by Crippen LogP contribution is -2.41. The van der Waals surface area contributed by atoms with Gasteiger partial charge in [0.2, 0.25) is 11.7 Å². The molecule has 138 valence electrons. The zero-order valence-corrected chi connectivity index (χ0v) is 15.1. The summed E-state index contributed by atoms with van der Waals surface area (Å²) in [6.45, 7) is 4.56. The van der Waals surface area contributed by atoms with Gasteiger partial charge in [-0.2, -0.15) is 5.10 Å². The van der Waals surface area contributed by atoms with Gasteiger partial charge in [-0.15, -0.1) is 0 Å². The fraction of sp³-hybridized carbons (Fsp3) is 0.471. The number of hydrogen-bond donors (Lipinski definition) is 1. The van der Waals surface area contributed by atoms with Gasteiger partial charge in [0.25, 0.3) is 0 Å². The number of pyridine rings is 1. The second-order valence-electron chi connectivity index (χ2n) is 6.58. The molecule has 0 aromatic carbocycles. The maximum Gasteiger partial charge on any atom is 0.333 e. The Balaban J connectivity index is 1.78. The van der Waals surface area contributed by atoms with E-state index >= 15 is 0 Å². The van der Waals surface area contributed by atoms with E-state index in [4.69, 9.17) is 0 Å². The van der Waals surface area contributed by atoms with Crippen LogP contribution in [0.4, 0.5) is 17.3 Å². The van der Waals surface area contributed by atoms with Crippen molar-refractivity contribution >= 4 is 23.2 Å². The molecule has 2 aromatic rings. The molecule has 1 aliphatic heterocycles. The number of carbonyl (C=O) groups is 1. The number of rotatable bonds is 4. The van der Waals surface area contributed by atoms with Gasteiger partial charge in [-0.05, 0) is 38.8 Å². The summed E-state index contributed by atoms with van der Waals surface area (Å²) in [6.07, 6.45) is 1.51. The quantitative estimate of drug-likeness (QED) is 0.663. The number of piperidine rings is 1. The maximum atomic E-state index is 12.6. The Morgan fingerprint density at radius 1 is 1.38 bits per heavy atom. The fourth-order valence-corrected chi connectivity index (χ4v) is 3.43. The van der Waals surface area contributed by atoms with Crippen molar-refractivity contribution in [3.05, 3.63) is 39.7 Å². The van der Waals surface area contributed by atoms with Crippen LogP contribution in [0.25, 0.3) is 0 Å². The smallest absolute Gasteiger partial charge is 0.333 e. The Bertz CT molecular complexity index is 847. The first kappa shape index (κ1) is 17.8. The molecule has 3 heterocycles. The van der Waals surface area contributed by atoms with Crippen LogP contribution < -0.4 is 10.2 Å². The Kier molecular flexibility index (Phi) is 4.88. The third-order valence-corrected chi connectivity index (χ3v) is 4.57. The van der Waals surface area contributed by atoms with Crippen LogP contribution in [0.2, 0.25) is 0 Å². The van der Waals surface area contributed by atoms with Crippen molar-refractivity contribution in [2.24, 2.45) is 13.0 Å². The molecule has 2 aromatic heterocycles. The van der Waals surface area contributed by atoms with Crippen molar-refractivity contribution < 1.29 is 9.72 Å². The predicted molar refractivity (Wildman–Crippen MR) is 97.1 cm³/mol. The van der Waals surface area contributed by atoms with Crippen LogP contribution in [0.5, 0.6) is 0 Å². The van der Waals surface area contributed by atoms with Gasteiger partial charge >= 0.3 is 5.69 Å². The van der Waals surface area contributed by atoms with Gasteiger partial charge < -0.3 is 10.2 Å². The number of nitrogens with zero attached hydrogens (tertiary/aromatic N) is 5. The third-order valence-electron chi connectivity index (χ3n) is 4.57. The predicted octanol–water partition coefficient (Wildman–Crippen LogP) is 2.20. The van der Waals surface area contributed by atoms with E-state index in [-0.39, 0.29) is 17.5 Å². The summed E-state index contributed by atoms with van der Waals surface area (Å²) in [4.78, 5) is 29.8. The van der Waals surface area contributed by atoms with Crippen LogP contribution in [0.1, 0.15) is 24.2 Å². The first-order valence-corrected chi connectivity index (χ1v) is 8.54. The molecule has 1 fully saturated rings. The van der Waals surface area contributed by atoms with Gasteiger partial charge in [0.1, 0.15) is 11.5 Å². The zero-order valence-electron chi connectivity index (χ0n) is 15.1. The highest BCUT2D eigenvalue weighted by molar-refractivity contribution is 5.92. The number of aryl methyl sites for hydroxylation is 3. The summed E-state index contributed by atoms with van der Waals surface area (Å²) in [5.74, 6) is 0.600. The Labute approximate surface area is 151 Å². The highest BCUT2D eigenvalue weighted by atomic mass is 16.6. The standard InChI is InChI=1S/C17H22N6O3/c1-11-6-4-8-14(18-11)19-16(24)13-7-5-9-22(10-13)17-15(23(25)26)12(2)20-21(17)3/h4,6,8,13H,5,7,9-10H2,1-3H3,(H,18,19,24)/t13-/m1/s1. The summed E-state index contributed by atoms with van der Waals surface area (Å²) in [7, 11) is 1.69. The number of carbonyl (C=O) groups excluding carboxylic acids is 1. The van der Waals surface area contributed by atoms with E-state index in [1.165, 1.54) is 4.68 Å². The van der Waals surface area contributed by atoms with E-state index in [1.807, 2.05) is 24.0 Å². The van der Waals surface area contributed by atoms with Crippen LogP contribution in [0.3, 0.4) is 0 Å². The zero-order chi connectivity index (χ0) is 18.8. The van der Waals surface area contributed by atoms with Gasteiger partial charge in [-0.25, -0.2) is 9.67 Å². The molecule has 9 heteroatoms. The summed E-state index contributed by atoms with van der Waals surface area (Å²) < 4.78 is 1.52. The number of hydrogen-bond acceptors (Lipinski definition) is 6. The lowest BCUT2D eigenvalue weighted by atomic mass is 9.97. The minimum atomic E-state index is -0.405. The first-order chi connectivity index (χ1) is 12.4. The van der Waals surface area contributed by atoms with Crippen LogP contribution >= 0.6 is 0 Å². The van der Waals surface area contributed by atoms with Crippen LogP contribution in [0, 0.1) is 29.9 Å². The fourth-order valence-electron chi connectivity index (χ4n) is 3.43. The van der Waals surface area contributed by atoms with Crippen LogP contribution in [-0.4, -0.2) is 38.7 Å². The number of nitrogens with one attached hydrogen (secondary N) is 1. The van der Waals surface area contributed by atoms with Crippen LogP contribution in [-0.2, 0) is 11.8 Å². The molecule has 0 saturated carbocycles. The molecule has 26 heavy (non-hydrogen) atoms. The number of anilines is 2. The number of aromatic nitrogens is 3. The topological polar surface area (TPSA) is 106 Å². The lowest BCUT2D eigenvalue weighted by Gasteiger charge is -2.32. The van der Waals surface area contributed by atoms with E-state index in [2.05, 4.69) is 15.4 Å². The van der Waals surface area contributed by atoms with Crippen molar-refractivity contribution in [1.29, 1.82) is 0 Å². The molecule has 0 radical (unpaired) electrons. The summed E-state index contributed by atoms with van der Waals surface area (Å²) >= 11 is 0. The lowest BCUT2D eigenvalue weighted by molar-refractivity contribution is -0.384. The molecule has 9 nitrogen and oxygen atoms in total. The van der Waals surface area contributed by atoms with Crippen molar-refractivity contribution in [2.75, 3.05) is 23.3 Å². The molecule has 1 aliphatic rings. The van der Waals surface area contributed by atoms with Gasteiger partial charge in [0, 0.05) is 25.8 Å². The molecule has 1 saturated heterocycles. The van der Waals surface area contributed by atoms with E-state index in [1.54, 1.807) is 20.0 Å². The normalized spacial score (nSPS) is 17.2. The molecular formula is C17H22N6O3.